The quantitative estimate of drug-likeness (QED) is 0.178. The third kappa shape index (κ3) is 4.73. The minimum absolute atomic E-state index is 0.00914. The molecule has 0 unspecified atom stereocenters. The first-order valence-corrected chi connectivity index (χ1v) is 14.4. The molecule has 0 bridgehead atoms. The number of nitrogens with one attached hydrogen (secondary N) is 1. The zero-order valence-electron chi connectivity index (χ0n) is 24.7. The SMILES string of the molecule is CNC(=O)c1c(-c2ccc(F)cc2)oc2ccc(-c3cc(C(=O)CC4(c5nc6cnccc6o5)CC4)c(OC)cc3C)c(F)c12. The van der Waals surface area contributed by atoms with Crippen LogP contribution in [-0.2, 0) is 5.41 Å². The van der Waals surface area contributed by atoms with Gasteiger partial charge < -0.3 is 18.9 Å². The van der Waals surface area contributed by atoms with E-state index in [1.165, 1.54) is 38.4 Å². The lowest BCUT2D eigenvalue weighted by atomic mass is 9.90. The zero-order chi connectivity index (χ0) is 31.5. The predicted molar refractivity (Wildman–Crippen MR) is 163 cm³/mol. The van der Waals surface area contributed by atoms with E-state index in [4.69, 9.17) is 13.6 Å². The van der Waals surface area contributed by atoms with Crippen LogP contribution in [0.1, 0.15) is 51.4 Å². The average Bonchev–Trinajstić information content (AvgIpc) is 3.50. The van der Waals surface area contributed by atoms with Crippen molar-refractivity contribution in [2.24, 2.45) is 0 Å². The van der Waals surface area contributed by atoms with E-state index < -0.39 is 23.0 Å². The molecule has 8 nitrogen and oxygen atoms in total. The molecule has 7 rings (SSSR count). The molecule has 0 atom stereocenters. The number of furan rings is 1. The van der Waals surface area contributed by atoms with Crippen molar-refractivity contribution in [3.63, 3.8) is 0 Å². The Morgan fingerprint density at radius 1 is 1.00 bits per heavy atom. The molecule has 226 valence electrons. The first-order chi connectivity index (χ1) is 21.7. The summed E-state index contributed by atoms with van der Waals surface area (Å²) in [5, 5.41) is 2.53. The number of hydrogen-bond donors (Lipinski definition) is 1. The normalized spacial score (nSPS) is 13.7. The number of ether oxygens (including phenoxy) is 1. The van der Waals surface area contributed by atoms with Crippen LogP contribution in [-0.4, -0.2) is 35.8 Å². The topological polar surface area (TPSA) is 107 Å². The van der Waals surface area contributed by atoms with Crippen molar-refractivity contribution < 1.29 is 31.9 Å². The minimum Gasteiger partial charge on any atom is -0.496 e. The van der Waals surface area contributed by atoms with E-state index in [2.05, 4.69) is 15.3 Å². The van der Waals surface area contributed by atoms with Gasteiger partial charge in [-0.2, -0.15) is 0 Å². The molecule has 0 radical (unpaired) electrons. The number of aromatic nitrogens is 2. The number of methoxy groups -OCH3 is 1. The molecule has 3 aromatic heterocycles. The molecule has 6 aromatic rings. The maximum Gasteiger partial charge on any atom is 0.255 e. The molecular formula is C35H27F2N3O5. The smallest absolute Gasteiger partial charge is 0.255 e. The number of Topliss-reactive ketones (excluding diaryl/α,β-unsaturated/α-hetero) is 1. The lowest BCUT2D eigenvalue weighted by molar-refractivity contribution is 0.0955. The van der Waals surface area contributed by atoms with Gasteiger partial charge in [-0.3, -0.25) is 14.6 Å². The highest BCUT2D eigenvalue weighted by Crippen LogP contribution is 2.52. The van der Waals surface area contributed by atoms with Crippen LogP contribution >= 0.6 is 0 Å². The lowest BCUT2D eigenvalue weighted by Gasteiger charge is -2.16. The van der Waals surface area contributed by atoms with Gasteiger partial charge in [0.1, 0.15) is 34.2 Å². The Kier molecular flexibility index (Phi) is 6.72. The maximum atomic E-state index is 16.6. The van der Waals surface area contributed by atoms with E-state index in [-0.39, 0.29) is 40.1 Å². The highest BCUT2D eigenvalue weighted by Gasteiger charge is 2.50. The number of nitrogens with zero attached hydrogens (tertiary/aromatic N) is 2. The molecule has 10 heteroatoms. The van der Waals surface area contributed by atoms with Crippen LogP contribution in [0, 0.1) is 18.6 Å². The van der Waals surface area contributed by atoms with Crippen LogP contribution in [0.4, 0.5) is 8.78 Å². The van der Waals surface area contributed by atoms with Gasteiger partial charge in [0.05, 0.1) is 35.2 Å². The number of oxazole rings is 1. The zero-order valence-corrected chi connectivity index (χ0v) is 24.7. The standard InChI is InChI=1S/C35H27F2N3O5/c1-18-14-28(43-3)23(25(41)16-35(11-12-35)34-40-24-17-39-13-10-26(24)45-34)15-22(18)21-8-9-27-29(31(21)37)30(33(42)38-2)32(44-27)19-4-6-20(36)7-5-19/h4-10,13-15,17H,11-12,16H2,1-3H3,(H,38,42). The highest BCUT2D eigenvalue weighted by atomic mass is 19.1. The third-order valence-electron chi connectivity index (χ3n) is 8.49. The van der Waals surface area contributed by atoms with Crippen LogP contribution < -0.4 is 10.1 Å². The molecule has 0 saturated heterocycles. The van der Waals surface area contributed by atoms with Crippen molar-refractivity contribution in [1.29, 1.82) is 0 Å². The van der Waals surface area contributed by atoms with Gasteiger partial charge in [0, 0.05) is 36.9 Å². The molecule has 45 heavy (non-hydrogen) atoms. The van der Waals surface area contributed by atoms with Crippen LogP contribution in [0.3, 0.4) is 0 Å². The van der Waals surface area contributed by atoms with Crippen molar-refractivity contribution in [1.82, 2.24) is 15.3 Å². The van der Waals surface area contributed by atoms with E-state index in [1.54, 1.807) is 49.6 Å². The van der Waals surface area contributed by atoms with E-state index in [0.717, 1.165) is 12.8 Å². The fraction of sp³-hybridized carbons (Fsp3) is 0.200. The van der Waals surface area contributed by atoms with Gasteiger partial charge in [-0.05, 0) is 79.4 Å². The Bertz CT molecular complexity index is 2110. The second-order valence-corrected chi connectivity index (χ2v) is 11.3. The molecule has 1 N–H and O–H groups in total. The second kappa shape index (κ2) is 10.7. The van der Waals surface area contributed by atoms with Crippen molar-refractivity contribution >= 4 is 33.8 Å². The summed E-state index contributed by atoms with van der Waals surface area (Å²) >= 11 is 0. The summed E-state index contributed by atoms with van der Waals surface area (Å²) in [6, 6.07) is 13.6. The van der Waals surface area contributed by atoms with Crippen molar-refractivity contribution in [3.8, 4) is 28.2 Å². The number of amides is 1. The van der Waals surface area contributed by atoms with Gasteiger partial charge in [-0.25, -0.2) is 13.8 Å². The summed E-state index contributed by atoms with van der Waals surface area (Å²) in [5.41, 5.74) is 2.88. The number of carbonyl (C=O) groups excluding carboxylic acids is 2. The third-order valence-corrected chi connectivity index (χ3v) is 8.49. The number of aryl methyl sites for hydroxylation is 1. The monoisotopic (exact) mass is 607 g/mol. The molecule has 3 heterocycles. The van der Waals surface area contributed by atoms with Gasteiger partial charge in [-0.15, -0.1) is 0 Å². The number of benzene rings is 3. The fourth-order valence-electron chi connectivity index (χ4n) is 5.89. The summed E-state index contributed by atoms with van der Waals surface area (Å²) < 4.78 is 47.7. The van der Waals surface area contributed by atoms with E-state index in [9.17, 15) is 14.0 Å². The molecule has 0 aliphatic heterocycles. The number of ketones is 1. The van der Waals surface area contributed by atoms with Gasteiger partial charge in [0.15, 0.2) is 11.4 Å². The van der Waals surface area contributed by atoms with E-state index >= 15 is 4.39 Å². The minimum atomic E-state index is -0.686. The average molecular weight is 608 g/mol. The maximum absolute atomic E-state index is 16.6. The summed E-state index contributed by atoms with van der Waals surface area (Å²) in [6.45, 7) is 1.80. The van der Waals surface area contributed by atoms with Crippen molar-refractivity contribution in [2.75, 3.05) is 14.2 Å². The number of fused-ring (bicyclic) bond motifs is 2. The first kappa shape index (κ1) is 28.4. The number of halogens is 2. The number of rotatable bonds is 8. The number of pyridine rings is 1. The second-order valence-electron chi connectivity index (χ2n) is 11.3. The summed E-state index contributed by atoms with van der Waals surface area (Å²) in [5.74, 6) is -0.907. The van der Waals surface area contributed by atoms with Crippen molar-refractivity contribution in [3.05, 3.63) is 101 Å². The van der Waals surface area contributed by atoms with Gasteiger partial charge in [0.25, 0.3) is 5.91 Å². The summed E-state index contributed by atoms with van der Waals surface area (Å²) in [6.07, 6.45) is 4.87. The lowest BCUT2D eigenvalue weighted by Crippen LogP contribution is -2.18. The van der Waals surface area contributed by atoms with Crippen LogP contribution in [0.15, 0.2) is 75.8 Å². The molecule has 1 fully saturated rings. The molecule has 0 spiro atoms. The molecule has 1 amide bonds. The molecule has 1 saturated carbocycles. The van der Waals surface area contributed by atoms with Gasteiger partial charge in [-0.1, -0.05) is 0 Å². The van der Waals surface area contributed by atoms with Crippen LogP contribution in [0.2, 0.25) is 0 Å². The highest BCUT2D eigenvalue weighted by molar-refractivity contribution is 6.12. The number of hydrogen-bond acceptors (Lipinski definition) is 7. The Labute approximate surface area is 256 Å². The van der Waals surface area contributed by atoms with E-state index in [0.29, 0.717) is 45.0 Å². The van der Waals surface area contributed by atoms with Crippen LogP contribution in [0.25, 0.3) is 44.5 Å². The molecule has 3 aromatic carbocycles. The summed E-state index contributed by atoms with van der Waals surface area (Å²) in [7, 11) is 2.92. The largest absolute Gasteiger partial charge is 0.496 e. The van der Waals surface area contributed by atoms with Gasteiger partial charge >= 0.3 is 0 Å². The molecule has 1 aliphatic carbocycles. The Morgan fingerprint density at radius 2 is 1.78 bits per heavy atom. The predicted octanol–water partition coefficient (Wildman–Crippen LogP) is 7.56. The Hall–Kier alpha value is -5.38. The van der Waals surface area contributed by atoms with Gasteiger partial charge in [0.2, 0.25) is 5.89 Å². The first-order valence-electron chi connectivity index (χ1n) is 14.4. The Morgan fingerprint density at radius 3 is 2.47 bits per heavy atom. The number of carbonyl (C=O) groups is 2. The molecular weight excluding hydrogens is 580 g/mol. The van der Waals surface area contributed by atoms with Crippen LogP contribution in [0.5, 0.6) is 5.75 Å². The fourth-order valence-corrected chi connectivity index (χ4v) is 5.89. The summed E-state index contributed by atoms with van der Waals surface area (Å²) in [4.78, 5) is 35.6. The van der Waals surface area contributed by atoms with Crippen molar-refractivity contribution in [2.45, 2.75) is 31.6 Å². The Balaban J connectivity index is 1.31. The van der Waals surface area contributed by atoms with E-state index in [1.807, 2.05) is 0 Å². The molecule has 1 aliphatic rings.